The third-order valence-corrected chi connectivity index (χ3v) is 4.87. The van der Waals surface area contributed by atoms with Gasteiger partial charge in [-0.15, -0.1) is 0 Å². The molecule has 4 rings (SSSR count). The molecular weight excluding hydrogens is 354 g/mol. The Labute approximate surface area is 162 Å². The van der Waals surface area contributed by atoms with Gasteiger partial charge in [0, 0.05) is 0 Å². The molecule has 3 nitrogen and oxygen atoms in total. The van der Waals surface area contributed by atoms with Crippen molar-refractivity contribution in [3.05, 3.63) is 107 Å². The Morgan fingerprint density at radius 2 is 1.30 bits per heavy atom. The van der Waals surface area contributed by atoms with Gasteiger partial charge < -0.3 is 15.2 Å². The Bertz CT molecular complexity index is 986. The van der Waals surface area contributed by atoms with Gasteiger partial charge in [0.1, 0.15) is 11.5 Å². The molecule has 4 heteroatoms. The molecule has 3 aromatic carbocycles. The average Bonchev–Trinajstić information content (AvgIpc) is 3.25. The predicted molar refractivity (Wildman–Crippen MR) is 110 cm³/mol. The van der Waals surface area contributed by atoms with E-state index in [1.165, 1.54) is 0 Å². The number of para-hydroxylation sites is 2. The van der Waals surface area contributed by atoms with Gasteiger partial charge in [0.25, 0.3) is 0 Å². The number of ether oxygens (including phenoxy) is 2. The zero-order valence-electron chi connectivity index (χ0n) is 14.6. The van der Waals surface area contributed by atoms with E-state index in [4.69, 9.17) is 15.2 Å². The van der Waals surface area contributed by atoms with Crippen LogP contribution in [0.5, 0.6) is 23.0 Å². The van der Waals surface area contributed by atoms with Crippen LogP contribution in [0, 0.1) is 0 Å². The lowest BCUT2D eigenvalue weighted by Gasteiger charge is -2.16. The Kier molecular flexibility index (Phi) is 5.19. The number of benzene rings is 3. The normalized spacial score (nSPS) is 11.7. The fraction of sp³-hybridized carbons (Fsp3) is 0.0435. The lowest BCUT2D eigenvalue weighted by atomic mass is 10.0. The van der Waals surface area contributed by atoms with E-state index in [-0.39, 0.29) is 6.04 Å². The standard InChI is InChI=1S/C23H19NO2S/c24-23(18-13-14-27-16-18)17-11-12-21(25-19-7-3-1-4-8-19)22(15-17)26-20-9-5-2-6-10-20/h1-16,23H,24H2/t23-/m1/s1. The zero-order chi connectivity index (χ0) is 18.5. The lowest BCUT2D eigenvalue weighted by Crippen LogP contribution is -2.11. The van der Waals surface area contributed by atoms with Crippen LogP contribution >= 0.6 is 11.3 Å². The van der Waals surface area contributed by atoms with Crippen LogP contribution < -0.4 is 15.2 Å². The molecule has 0 aliphatic rings. The van der Waals surface area contributed by atoms with Crippen molar-refractivity contribution >= 4 is 11.3 Å². The van der Waals surface area contributed by atoms with E-state index < -0.39 is 0 Å². The summed E-state index contributed by atoms with van der Waals surface area (Å²) in [5.41, 5.74) is 8.49. The van der Waals surface area contributed by atoms with Crippen LogP contribution in [0.2, 0.25) is 0 Å². The Hall–Kier alpha value is -3.08. The summed E-state index contributed by atoms with van der Waals surface area (Å²) in [6, 6.07) is 27.0. The Morgan fingerprint density at radius 1 is 0.667 bits per heavy atom. The highest BCUT2D eigenvalue weighted by molar-refractivity contribution is 7.08. The minimum Gasteiger partial charge on any atom is -0.453 e. The molecule has 134 valence electrons. The minimum atomic E-state index is -0.208. The van der Waals surface area contributed by atoms with Gasteiger partial charge in [-0.3, -0.25) is 0 Å². The molecule has 0 spiro atoms. The highest BCUT2D eigenvalue weighted by Crippen LogP contribution is 2.37. The van der Waals surface area contributed by atoms with Crippen LogP contribution in [0.4, 0.5) is 0 Å². The first-order chi connectivity index (χ1) is 13.3. The molecular formula is C23H19NO2S. The molecule has 1 atom stereocenters. The molecule has 27 heavy (non-hydrogen) atoms. The molecule has 1 heterocycles. The fourth-order valence-corrected chi connectivity index (χ4v) is 3.45. The largest absolute Gasteiger partial charge is 0.453 e. The lowest BCUT2D eigenvalue weighted by molar-refractivity contribution is 0.418. The molecule has 2 N–H and O–H groups in total. The van der Waals surface area contributed by atoms with Crippen LogP contribution in [-0.4, -0.2) is 0 Å². The van der Waals surface area contributed by atoms with Crippen molar-refractivity contribution < 1.29 is 9.47 Å². The molecule has 1 aromatic heterocycles. The molecule has 0 unspecified atom stereocenters. The quantitative estimate of drug-likeness (QED) is 0.426. The molecule has 0 aliphatic heterocycles. The summed E-state index contributed by atoms with van der Waals surface area (Å²) in [5.74, 6) is 2.78. The van der Waals surface area contributed by atoms with Crippen molar-refractivity contribution in [3.8, 4) is 23.0 Å². The minimum absolute atomic E-state index is 0.208. The SMILES string of the molecule is N[C@@H](c1ccsc1)c1ccc(Oc2ccccc2)c(Oc2ccccc2)c1. The van der Waals surface area contributed by atoms with Gasteiger partial charge in [-0.05, 0) is 64.4 Å². The molecule has 0 radical (unpaired) electrons. The Morgan fingerprint density at radius 3 is 1.89 bits per heavy atom. The maximum Gasteiger partial charge on any atom is 0.170 e. The second-order valence-corrected chi connectivity index (χ2v) is 6.85. The third kappa shape index (κ3) is 4.19. The van der Waals surface area contributed by atoms with Gasteiger partial charge >= 0.3 is 0 Å². The zero-order valence-corrected chi connectivity index (χ0v) is 15.4. The summed E-state index contributed by atoms with van der Waals surface area (Å²) in [6.45, 7) is 0. The van der Waals surface area contributed by atoms with Gasteiger partial charge in [-0.1, -0.05) is 42.5 Å². The van der Waals surface area contributed by atoms with Crippen molar-refractivity contribution in [1.82, 2.24) is 0 Å². The molecule has 0 saturated carbocycles. The molecule has 0 aliphatic carbocycles. The van der Waals surface area contributed by atoms with E-state index in [2.05, 4.69) is 5.38 Å². The predicted octanol–water partition coefficient (Wildman–Crippen LogP) is 6.38. The van der Waals surface area contributed by atoms with Crippen LogP contribution in [0.1, 0.15) is 17.2 Å². The number of hydrogen-bond acceptors (Lipinski definition) is 4. The smallest absolute Gasteiger partial charge is 0.170 e. The summed E-state index contributed by atoms with van der Waals surface area (Å²) in [7, 11) is 0. The average molecular weight is 373 g/mol. The second kappa shape index (κ2) is 8.08. The van der Waals surface area contributed by atoms with Crippen LogP contribution in [-0.2, 0) is 0 Å². The highest BCUT2D eigenvalue weighted by atomic mass is 32.1. The molecule has 0 saturated heterocycles. The van der Waals surface area contributed by atoms with E-state index in [1.54, 1.807) is 11.3 Å². The Balaban J connectivity index is 1.69. The van der Waals surface area contributed by atoms with Crippen molar-refractivity contribution in [1.29, 1.82) is 0 Å². The summed E-state index contributed by atoms with van der Waals surface area (Å²) in [4.78, 5) is 0. The van der Waals surface area contributed by atoms with Gasteiger partial charge in [-0.25, -0.2) is 0 Å². The maximum absolute atomic E-state index is 6.44. The first-order valence-corrected chi connectivity index (χ1v) is 9.61. The summed E-state index contributed by atoms with van der Waals surface area (Å²) in [6.07, 6.45) is 0. The first kappa shape index (κ1) is 17.3. The molecule has 0 amide bonds. The fourth-order valence-electron chi connectivity index (χ4n) is 2.76. The topological polar surface area (TPSA) is 44.5 Å². The molecule has 0 fully saturated rings. The third-order valence-electron chi connectivity index (χ3n) is 4.17. The van der Waals surface area contributed by atoms with Gasteiger partial charge in [0.05, 0.1) is 6.04 Å². The number of thiophene rings is 1. The van der Waals surface area contributed by atoms with E-state index >= 15 is 0 Å². The van der Waals surface area contributed by atoms with Crippen molar-refractivity contribution in [2.24, 2.45) is 5.73 Å². The number of rotatable bonds is 6. The van der Waals surface area contributed by atoms with Crippen molar-refractivity contribution in [2.45, 2.75) is 6.04 Å². The molecule has 0 bridgehead atoms. The molecule has 4 aromatic rings. The van der Waals surface area contributed by atoms with Gasteiger partial charge in [0.2, 0.25) is 0 Å². The highest BCUT2D eigenvalue weighted by Gasteiger charge is 2.15. The van der Waals surface area contributed by atoms with Crippen LogP contribution in [0.3, 0.4) is 0 Å². The van der Waals surface area contributed by atoms with Gasteiger partial charge in [-0.2, -0.15) is 11.3 Å². The van der Waals surface area contributed by atoms with E-state index in [1.807, 2.05) is 90.3 Å². The van der Waals surface area contributed by atoms with E-state index in [0.29, 0.717) is 11.5 Å². The summed E-state index contributed by atoms with van der Waals surface area (Å²) < 4.78 is 12.2. The second-order valence-electron chi connectivity index (χ2n) is 6.07. The van der Waals surface area contributed by atoms with Crippen molar-refractivity contribution in [3.63, 3.8) is 0 Å². The van der Waals surface area contributed by atoms with Crippen LogP contribution in [0.25, 0.3) is 0 Å². The summed E-state index contributed by atoms with van der Waals surface area (Å²) >= 11 is 1.64. The number of nitrogens with two attached hydrogens (primary N) is 1. The van der Waals surface area contributed by atoms with Crippen LogP contribution in [0.15, 0.2) is 95.7 Å². The van der Waals surface area contributed by atoms with Gasteiger partial charge in [0.15, 0.2) is 11.5 Å². The summed E-state index contributed by atoms with van der Waals surface area (Å²) in [5, 5.41) is 4.10. The monoisotopic (exact) mass is 373 g/mol. The first-order valence-electron chi connectivity index (χ1n) is 8.67. The maximum atomic E-state index is 6.44. The van der Waals surface area contributed by atoms with Crippen molar-refractivity contribution in [2.75, 3.05) is 0 Å². The van der Waals surface area contributed by atoms with E-state index in [0.717, 1.165) is 22.6 Å². The van der Waals surface area contributed by atoms with E-state index in [9.17, 15) is 0 Å². The number of hydrogen-bond donors (Lipinski definition) is 1.